The molecule has 1 fully saturated rings. The predicted octanol–water partition coefficient (Wildman–Crippen LogP) is 4.04. The summed E-state index contributed by atoms with van der Waals surface area (Å²) in [6.07, 6.45) is 13.8. The first-order valence-electron chi connectivity index (χ1n) is 6.90. The molecule has 0 amide bonds. The lowest BCUT2D eigenvalue weighted by molar-refractivity contribution is 0.398. The maximum atomic E-state index is 4.63. The molecule has 1 saturated carbocycles. The Morgan fingerprint density at radius 3 is 1.50 bits per heavy atom. The molecule has 0 aromatic rings. The van der Waals surface area contributed by atoms with Crippen LogP contribution in [0.4, 0.5) is 0 Å². The fraction of sp³-hybridized carbons (Fsp3) is 0.857. The van der Waals surface area contributed by atoms with Gasteiger partial charge in [0.1, 0.15) is 0 Å². The third-order valence-corrected chi connectivity index (χ3v) is 3.13. The second-order valence-corrected chi connectivity index (χ2v) is 4.70. The molecule has 16 heavy (non-hydrogen) atoms. The summed E-state index contributed by atoms with van der Waals surface area (Å²) in [5.74, 6) is 0. The van der Waals surface area contributed by atoms with Gasteiger partial charge in [0.2, 0.25) is 0 Å². The van der Waals surface area contributed by atoms with E-state index in [1.54, 1.807) is 0 Å². The van der Waals surface area contributed by atoms with Crippen LogP contribution in [0.5, 0.6) is 0 Å². The lowest BCUT2D eigenvalue weighted by Crippen LogP contribution is -2.19. The van der Waals surface area contributed by atoms with Gasteiger partial charge in [0, 0.05) is 12.1 Å². The Bertz CT molecular complexity index is 189. The fourth-order valence-corrected chi connectivity index (χ4v) is 2.06. The highest BCUT2D eigenvalue weighted by atomic mass is 14.8. The van der Waals surface area contributed by atoms with Gasteiger partial charge in [-0.25, -0.2) is 0 Å². The van der Waals surface area contributed by atoms with Gasteiger partial charge in [0.05, 0.1) is 0 Å². The fourth-order valence-electron chi connectivity index (χ4n) is 2.06. The van der Waals surface area contributed by atoms with E-state index in [0.717, 1.165) is 12.8 Å². The summed E-state index contributed by atoms with van der Waals surface area (Å²) in [5, 5.41) is 0. The largest absolute Gasteiger partial charge is 0.294 e. The molecule has 92 valence electrons. The van der Waals surface area contributed by atoms with Crippen molar-refractivity contribution in [1.82, 2.24) is 0 Å². The van der Waals surface area contributed by atoms with Crippen molar-refractivity contribution in [2.75, 3.05) is 0 Å². The normalized spacial score (nSPS) is 26.9. The van der Waals surface area contributed by atoms with Crippen molar-refractivity contribution >= 4 is 12.4 Å². The van der Waals surface area contributed by atoms with Gasteiger partial charge >= 0.3 is 0 Å². The standard InChI is InChI=1S/C14H26N2/c1-3-5-11-15-13-7-9-14(10-8-13)16-12-6-4-2/h11-14H,3-10H2,1-2H3. The zero-order valence-corrected chi connectivity index (χ0v) is 10.9. The molecule has 0 atom stereocenters. The number of hydrogen-bond acceptors (Lipinski definition) is 2. The predicted molar refractivity (Wildman–Crippen MR) is 72.8 cm³/mol. The molecule has 0 aromatic heterocycles. The summed E-state index contributed by atoms with van der Waals surface area (Å²) in [4.78, 5) is 9.25. The molecule has 0 aromatic carbocycles. The molecule has 0 saturated heterocycles. The van der Waals surface area contributed by atoms with Crippen molar-refractivity contribution in [2.24, 2.45) is 9.98 Å². The van der Waals surface area contributed by atoms with E-state index in [2.05, 4.69) is 36.3 Å². The molecule has 0 aliphatic heterocycles. The number of unbranched alkanes of at least 4 members (excludes halogenated alkanes) is 2. The quantitative estimate of drug-likeness (QED) is 0.606. The average molecular weight is 222 g/mol. The van der Waals surface area contributed by atoms with E-state index >= 15 is 0 Å². The monoisotopic (exact) mass is 222 g/mol. The van der Waals surface area contributed by atoms with E-state index in [-0.39, 0.29) is 0 Å². The van der Waals surface area contributed by atoms with Gasteiger partial charge in [0.25, 0.3) is 0 Å². The molecule has 0 bridgehead atoms. The first-order valence-corrected chi connectivity index (χ1v) is 6.90. The number of rotatable bonds is 6. The molecule has 0 radical (unpaired) electrons. The molecule has 0 spiro atoms. The smallest absolute Gasteiger partial charge is 0.0497 e. The Morgan fingerprint density at radius 1 is 0.812 bits per heavy atom. The van der Waals surface area contributed by atoms with Crippen LogP contribution >= 0.6 is 0 Å². The summed E-state index contributed by atoms with van der Waals surface area (Å²) in [6, 6.07) is 1.17. The van der Waals surface area contributed by atoms with Gasteiger partial charge in [-0.2, -0.15) is 0 Å². The molecule has 1 aliphatic carbocycles. The van der Waals surface area contributed by atoms with Crippen molar-refractivity contribution in [1.29, 1.82) is 0 Å². The highest BCUT2D eigenvalue weighted by Crippen LogP contribution is 2.23. The van der Waals surface area contributed by atoms with Crippen LogP contribution in [0.2, 0.25) is 0 Å². The van der Waals surface area contributed by atoms with Gasteiger partial charge in [-0.15, -0.1) is 0 Å². The van der Waals surface area contributed by atoms with Crippen LogP contribution in [0.15, 0.2) is 9.98 Å². The molecule has 2 nitrogen and oxygen atoms in total. The van der Waals surface area contributed by atoms with E-state index < -0.39 is 0 Å². The van der Waals surface area contributed by atoms with Crippen molar-refractivity contribution in [3.8, 4) is 0 Å². The number of aliphatic imine (C=N–C) groups is 2. The second-order valence-electron chi connectivity index (χ2n) is 4.70. The number of nitrogens with zero attached hydrogens (tertiary/aromatic N) is 2. The van der Waals surface area contributed by atoms with Crippen LogP contribution in [0, 0.1) is 0 Å². The summed E-state index contributed by atoms with van der Waals surface area (Å²) in [7, 11) is 0. The molecular formula is C14H26N2. The van der Waals surface area contributed by atoms with Crippen LogP contribution in [-0.4, -0.2) is 24.5 Å². The highest BCUT2D eigenvalue weighted by molar-refractivity contribution is 5.57. The summed E-state index contributed by atoms with van der Waals surface area (Å²) < 4.78 is 0. The number of hydrogen-bond donors (Lipinski definition) is 0. The van der Waals surface area contributed by atoms with Crippen LogP contribution in [0.25, 0.3) is 0 Å². The molecule has 1 rings (SSSR count). The van der Waals surface area contributed by atoms with E-state index in [1.807, 2.05) is 0 Å². The third-order valence-electron chi connectivity index (χ3n) is 3.13. The van der Waals surface area contributed by atoms with Gasteiger partial charge in [0.15, 0.2) is 0 Å². The Morgan fingerprint density at radius 2 is 1.19 bits per heavy atom. The van der Waals surface area contributed by atoms with Crippen molar-refractivity contribution in [2.45, 2.75) is 77.3 Å². The molecular weight excluding hydrogens is 196 g/mol. The minimum Gasteiger partial charge on any atom is -0.294 e. The molecule has 0 heterocycles. The maximum Gasteiger partial charge on any atom is 0.0497 e. The summed E-state index contributed by atoms with van der Waals surface area (Å²) in [6.45, 7) is 4.40. The van der Waals surface area contributed by atoms with Gasteiger partial charge < -0.3 is 0 Å². The Kier molecular flexibility index (Phi) is 7.11. The Hall–Kier alpha value is -0.660. The van der Waals surface area contributed by atoms with E-state index in [9.17, 15) is 0 Å². The van der Waals surface area contributed by atoms with Crippen molar-refractivity contribution in [3.05, 3.63) is 0 Å². The summed E-state index contributed by atoms with van der Waals surface area (Å²) >= 11 is 0. The van der Waals surface area contributed by atoms with E-state index in [4.69, 9.17) is 0 Å². The SMILES string of the molecule is CCCC=NC1CCC(N=CCCC)CC1. The van der Waals surface area contributed by atoms with E-state index in [1.165, 1.54) is 38.5 Å². The van der Waals surface area contributed by atoms with Crippen LogP contribution in [-0.2, 0) is 0 Å². The Labute approximate surface area is 100 Å². The van der Waals surface area contributed by atoms with Gasteiger partial charge in [-0.05, 0) is 51.0 Å². The van der Waals surface area contributed by atoms with Gasteiger partial charge in [-0.3, -0.25) is 9.98 Å². The van der Waals surface area contributed by atoms with Crippen LogP contribution in [0.1, 0.15) is 65.2 Å². The minimum absolute atomic E-state index is 0.587. The molecule has 0 unspecified atom stereocenters. The first-order chi connectivity index (χ1) is 7.86. The maximum absolute atomic E-state index is 4.63. The lowest BCUT2D eigenvalue weighted by atomic mass is 9.92. The highest BCUT2D eigenvalue weighted by Gasteiger charge is 2.18. The summed E-state index contributed by atoms with van der Waals surface area (Å²) in [5.41, 5.74) is 0. The van der Waals surface area contributed by atoms with Crippen molar-refractivity contribution < 1.29 is 0 Å². The lowest BCUT2D eigenvalue weighted by Gasteiger charge is -2.23. The van der Waals surface area contributed by atoms with Crippen LogP contribution < -0.4 is 0 Å². The Balaban J connectivity index is 2.18. The minimum atomic E-state index is 0.587. The topological polar surface area (TPSA) is 24.7 Å². The molecule has 0 N–H and O–H groups in total. The molecule has 2 heteroatoms. The zero-order valence-electron chi connectivity index (χ0n) is 10.9. The van der Waals surface area contributed by atoms with E-state index in [0.29, 0.717) is 12.1 Å². The molecule has 1 aliphatic rings. The van der Waals surface area contributed by atoms with Crippen LogP contribution in [0.3, 0.4) is 0 Å². The second kappa shape index (κ2) is 8.49. The average Bonchev–Trinajstić information content (AvgIpc) is 2.32. The van der Waals surface area contributed by atoms with Gasteiger partial charge in [-0.1, -0.05) is 26.7 Å². The first kappa shape index (κ1) is 13.4. The zero-order chi connectivity index (χ0) is 11.6. The third kappa shape index (κ3) is 5.43. The van der Waals surface area contributed by atoms with Crippen molar-refractivity contribution in [3.63, 3.8) is 0 Å².